The largest absolute Gasteiger partial charge is 0.489 e. The molecule has 0 saturated heterocycles. The second-order valence-corrected chi connectivity index (χ2v) is 23.8. The second-order valence-electron chi connectivity index (χ2n) is 21.3. The van der Waals surface area contributed by atoms with Crippen molar-refractivity contribution in [1.82, 2.24) is 29.9 Å². The van der Waals surface area contributed by atoms with Crippen LogP contribution in [0.4, 0.5) is 0 Å². The summed E-state index contributed by atoms with van der Waals surface area (Å²) in [7, 11) is -1.41. The average molecular weight is 1220 g/mol. The molecule has 0 amide bonds. The summed E-state index contributed by atoms with van der Waals surface area (Å²) in [5.74, 6) is 3.11. The van der Waals surface area contributed by atoms with Crippen LogP contribution >= 0.6 is 34.3 Å². The second kappa shape index (κ2) is 26.0. The van der Waals surface area contributed by atoms with Gasteiger partial charge in [0.15, 0.2) is 29.1 Å². The van der Waals surface area contributed by atoms with Crippen molar-refractivity contribution < 1.29 is 10.0 Å². The predicted octanol–water partition coefficient (Wildman–Crippen LogP) is 19.5. The van der Waals surface area contributed by atoms with E-state index in [4.69, 9.17) is 26.6 Å². The lowest BCUT2D eigenvalue weighted by molar-refractivity contribution is 0.426. The van der Waals surface area contributed by atoms with E-state index >= 15 is 0 Å². The van der Waals surface area contributed by atoms with E-state index in [1.807, 2.05) is 103 Å². The Morgan fingerprint density at radius 3 is 0.900 bits per heavy atom. The lowest BCUT2D eigenvalue weighted by Gasteiger charge is -2.10. The van der Waals surface area contributed by atoms with Gasteiger partial charge in [-0.25, -0.2) is 19.9 Å². The fraction of sp³-hybridized carbons (Fsp3) is 0. The average Bonchev–Trinajstić information content (AvgIpc) is 1.96. The Morgan fingerprint density at radius 1 is 0.244 bits per heavy atom. The van der Waals surface area contributed by atoms with Crippen LogP contribution in [0.15, 0.2) is 303 Å². The summed E-state index contributed by atoms with van der Waals surface area (Å²) in [6.45, 7) is 0. The Morgan fingerprint density at radius 2 is 0.522 bits per heavy atom. The van der Waals surface area contributed by atoms with Crippen LogP contribution in [-0.2, 0) is 0 Å². The van der Waals surface area contributed by atoms with E-state index in [1.165, 1.54) is 52.5 Å². The molecular weight excluding hydrogens is 1160 g/mol. The Bertz CT molecular complexity index is 4940. The smallest absolute Gasteiger partial charge is 0.423 e. The minimum Gasteiger partial charge on any atom is -0.423 e. The summed E-state index contributed by atoms with van der Waals surface area (Å²) in [5.41, 5.74) is 14.6. The molecule has 90 heavy (non-hydrogen) atoms. The van der Waals surface area contributed by atoms with Crippen molar-refractivity contribution in [2.24, 2.45) is 0 Å². The number of nitrogens with zero attached hydrogens (tertiary/aromatic N) is 6. The molecule has 4 aromatic heterocycles. The zero-order chi connectivity index (χ0) is 60.8. The van der Waals surface area contributed by atoms with E-state index in [0.717, 1.165) is 60.2 Å². The van der Waals surface area contributed by atoms with Gasteiger partial charge in [-0.05, 0) is 85.2 Å². The molecule has 0 aliphatic carbocycles. The molecule has 16 aromatic rings. The van der Waals surface area contributed by atoms with Gasteiger partial charge in [0.25, 0.3) is 0 Å². The van der Waals surface area contributed by atoms with Crippen LogP contribution in [0.3, 0.4) is 0 Å². The summed E-state index contributed by atoms with van der Waals surface area (Å²) in [5, 5.41) is 23.5. The van der Waals surface area contributed by atoms with Crippen LogP contribution in [-0.4, -0.2) is 47.1 Å². The van der Waals surface area contributed by atoms with Gasteiger partial charge in [0, 0.05) is 62.8 Å². The third-order valence-electron chi connectivity index (χ3n) is 15.6. The van der Waals surface area contributed by atoms with Gasteiger partial charge in [-0.3, -0.25) is 0 Å². The van der Waals surface area contributed by atoms with Crippen LogP contribution in [0.5, 0.6) is 0 Å². The fourth-order valence-electron chi connectivity index (χ4n) is 11.0. The molecule has 0 atom stereocenters. The molecule has 12 heteroatoms. The van der Waals surface area contributed by atoms with Gasteiger partial charge in [0.1, 0.15) is 0 Å². The van der Waals surface area contributed by atoms with E-state index in [0.29, 0.717) is 34.6 Å². The van der Waals surface area contributed by atoms with E-state index in [2.05, 4.69) is 209 Å². The highest BCUT2D eigenvalue weighted by atomic mass is 35.5. The Balaban J connectivity index is 0.000000130. The molecule has 12 aromatic carbocycles. The van der Waals surface area contributed by atoms with E-state index in [-0.39, 0.29) is 5.28 Å². The number of rotatable bonds is 10. The molecule has 16 rings (SSSR count). The minimum atomic E-state index is -1.41. The van der Waals surface area contributed by atoms with Crippen molar-refractivity contribution in [1.29, 1.82) is 0 Å². The molecule has 0 aliphatic rings. The van der Waals surface area contributed by atoms with Crippen LogP contribution in [0, 0.1) is 0 Å². The summed E-state index contributed by atoms with van der Waals surface area (Å²) in [4.78, 5) is 28.5. The molecule has 0 saturated carbocycles. The summed E-state index contributed by atoms with van der Waals surface area (Å²) in [6, 6.07) is 103. The summed E-state index contributed by atoms with van der Waals surface area (Å²) >= 11 is 9.62. The molecule has 0 radical (unpaired) electrons. The van der Waals surface area contributed by atoms with Crippen molar-refractivity contribution in [2.75, 3.05) is 0 Å². The molecule has 0 fully saturated rings. The highest BCUT2D eigenvalue weighted by Gasteiger charge is 2.19. The molecule has 4 heterocycles. The lowest BCUT2D eigenvalue weighted by Crippen LogP contribution is -2.29. The van der Waals surface area contributed by atoms with Crippen molar-refractivity contribution in [3.05, 3.63) is 309 Å². The highest BCUT2D eigenvalue weighted by molar-refractivity contribution is 7.27. The summed E-state index contributed by atoms with van der Waals surface area (Å²) < 4.78 is 4.57. The quantitative estimate of drug-likeness (QED) is 0.130. The molecule has 0 spiro atoms. The third kappa shape index (κ3) is 12.3. The van der Waals surface area contributed by atoms with Gasteiger partial charge in [-0.2, -0.15) is 9.97 Å². The van der Waals surface area contributed by atoms with Crippen LogP contribution in [0.1, 0.15) is 0 Å². The van der Waals surface area contributed by atoms with Crippen LogP contribution < -0.4 is 5.46 Å². The zero-order valence-electron chi connectivity index (χ0n) is 48.2. The van der Waals surface area contributed by atoms with Gasteiger partial charge in [0.2, 0.25) is 5.28 Å². The predicted molar refractivity (Wildman–Crippen MR) is 376 cm³/mol. The normalized spacial score (nSPS) is 11.1. The molecule has 8 nitrogen and oxygen atoms in total. The Kier molecular flexibility index (Phi) is 16.5. The molecule has 0 unspecified atom stereocenters. The molecule has 2 N–H and O–H groups in total. The van der Waals surface area contributed by atoms with Gasteiger partial charge < -0.3 is 10.0 Å². The Hall–Kier alpha value is -10.6. The SMILES string of the molecule is Clc1nc(-c2ccc(-c3ccccc3)cc2)nc(-c2ccc(-c3ccccc3)cc2)n1.OB(O)c1cccc2c1sc1ccccc12.c1ccc(-c2ccc(-c3nc(-c4ccc(-c5ccccc5)cc4)nc(-c4cccc5c4sc4ccccc45)n3)cc2)cc1. The number of benzene rings is 12. The number of fused-ring (bicyclic) bond motifs is 6. The number of hydrogen-bond acceptors (Lipinski definition) is 10. The fourth-order valence-corrected chi connectivity index (χ4v) is 13.6. The first-order chi connectivity index (χ1) is 44.3. The first-order valence-corrected chi connectivity index (χ1v) is 31.3. The van der Waals surface area contributed by atoms with Gasteiger partial charge in [-0.1, -0.05) is 285 Å². The maximum absolute atomic E-state index is 9.31. The third-order valence-corrected chi connectivity index (χ3v) is 18.2. The topological polar surface area (TPSA) is 118 Å². The van der Waals surface area contributed by atoms with E-state index in [1.54, 1.807) is 28.7 Å². The number of halogens is 1. The monoisotopic (exact) mass is 1210 g/mol. The molecular formula is C78H52BClN6O2S2. The first kappa shape index (κ1) is 57.1. The van der Waals surface area contributed by atoms with Crippen molar-refractivity contribution in [3.8, 4) is 101 Å². The van der Waals surface area contributed by atoms with E-state index in [9.17, 15) is 10.0 Å². The maximum atomic E-state index is 9.31. The van der Waals surface area contributed by atoms with Crippen LogP contribution in [0.25, 0.3) is 142 Å². The standard InChI is InChI=1S/C39H25N3S.C27H18ClN3.C12H9BO2S/c1-3-10-26(11-4-1)28-18-22-30(23-19-28)37-40-38(31-24-20-29(21-25-31)27-12-5-2-6-13-27)42-39(41-37)34-16-9-15-33-32-14-7-8-17-35(32)43-36(33)34;28-27-30-25(23-15-11-21(12-16-23)19-7-3-1-4-8-19)29-26(31-27)24-17-13-22(14-18-24)20-9-5-2-6-10-20;14-13(15)10-6-3-5-9-8-4-1-2-7-11(8)16-12(9)10/h1-25H;1-18H;1-7,14-15H. The minimum absolute atomic E-state index is 0.180. The first-order valence-electron chi connectivity index (χ1n) is 29.3. The number of hydrogen-bond donors (Lipinski definition) is 2. The Labute approximate surface area is 533 Å². The molecule has 428 valence electrons. The number of thiophene rings is 2. The van der Waals surface area contributed by atoms with Gasteiger partial charge in [-0.15, -0.1) is 22.7 Å². The lowest BCUT2D eigenvalue weighted by atomic mass is 9.80. The van der Waals surface area contributed by atoms with Crippen molar-refractivity contribution >= 4 is 87.2 Å². The molecule has 0 bridgehead atoms. The maximum Gasteiger partial charge on any atom is 0.489 e. The van der Waals surface area contributed by atoms with Crippen molar-refractivity contribution in [3.63, 3.8) is 0 Å². The van der Waals surface area contributed by atoms with Gasteiger partial charge >= 0.3 is 7.12 Å². The van der Waals surface area contributed by atoms with Crippen LogP contribution in [0.2, 0.25) is 5.28 Å². The van der Waals surface area contributed by atoms with Crippen molar-refractivity contribution in [2.45, 2.75) is 0 Å². The van der Waals surface area contributed by atoms with E-state index < -0.39 is 7.12 Å². The number of aromatic nitrogens is 6. The molecule has 0 aliphatic heterocycles. The summed E-state index contributed by atoms with van der Waals surface area (Å²) in [6.07, 6.45) is 0. The highest BCUT2D eigenvalue weighted by Crippen LogP contribution is 2.40. The van der Waals surface area contributed by atoms with Gasteiger partial charge in [0.05, 0.1) is 0 Å². The zero-order valence-corrected chi connectivity index (χ0v) is 50.6.